The summed E-state index contributed by atoms with van der Waals surface area (Å²) in [6.45, 7) is 0.292. The minimum Gasteiger partial charge on any atom is -0.347 e. The number of ketones is 1. The standard InChI is InChI=1S/C21H18N4O4/c26-18-8-7-16(20(28)24-18)15-6-4-13-10-12(3-5-14(13)19(15)27)11-22-21(29)17-2-1-9-23-25-17/h1-3,5-6,9-10,16H,4,7-8,11H2,(H,22,29)(H,24,26,28). The minimum absolute atomic E-state index is 0.184. The van der Waals surface area contributed by atoms with Crippen LogP contribution in [-0.4, -0.2) is 33.7 Å². The third-order valence-electron chi connectivity index (χ3n) is 5.09. The number of nitrogens with zero attached hydrogens (tertiary/aromatic N) is 2. The molecule has 4 rings (SSSR count). The minimum atomic E-state index is -0.584. The highest BCUT2D eigenvalue weighted by molar-refractivity contribution is 6.15. The lowest BCUT2D eigenvalue weighted by atomic mass is 9.80. The normalized spacial score (nSPS) is 18.6. The van der Waals surface area contributed by atoms with Gasteiger partial charge in [-0.1, -0.05) is 24.3 Å². The summed E-state index contributed by atoms with van der Waals surface area (Å²) in [7, 11) is 0. The first-order valence-corrected chi connectivity index (χ1v) is 9.29. The van der Waals surface area contributed by atoms with E-state index in [1.165, 1.54) is 6.20 Å². The van der Waals surface area contributed by atoms with E-state index in [0.29, 0.717) is 30.5 Å². The van der Waals surface area contributed by atoms with E-state index in [9.17, 15) is 19.2 Å². The maximum Gasteiger partial charge on any atom is 0.272 e. The summed E-state index contributed by atoms with van der Waals surface area (Å²) < 4.78 is 0. The molecule has 0 bridgehead atoms. The van der Waals surface area contributed by atoms with E-state index in [4.69, 9.17) is 0 Å². The molecule has 1 aliphatic heterocycles. The lowest BCUT2D eigenvalue weighted by Crippen LogP contribution is -2.42. The summed E-state index contributed by atoms with van der Waals surface area (Å²) in [6, 6.07) is 8.59. The van der Waals surface area contributed by atoms with E-state index in [-0.39, 0.29) is 29.7 Å². The highest BCUT2D eigenvalue weighted by Gasteiger charge is 2.34. The van der Waals surface area contributed by atoms with E-state index in [2.05, 4.69) is 20.8 Å². The number of allylic oxidation sites excluding steroid dienone is 1. The molecular weight excluding hydrogens is 372 g/mol. The van der Waals surface area contributed by atoms with Crippen LogP contribution in [0.5, 0.6) is 0 Å². The van der Waals surface area contributed by atoms with Gasteiger partial charge in [0.05, 0.1) is 5.92 Å². The van der Waals surface area contributed by atoms with E-state index in [1.807, 2.05) is 6.07 Å². The topological polar surface area (TPSA) is 118 Å². The smallest absolute Gasteiger partial charge is 0.272 e. The van der Waals surface area contributed by atoms with Crippen LogP contribution in [-0.2, 0) is 22.6 Å². The number of piperidine rings is 1. The van der Waals surface area contributed by atoms with Crippen molar-refractivity contribution in [2.24, 2.45) is 5.92 Å². The molecule has 8 heteroatoms. The van der Waals surface area contributed by atoms with Crippen LogP contribution in [0.2, 0.25) is 0 Å². The zero-order valence-electron chi connectivity index (χ0n) is 15.5. The molecule has 0 spiro atoms. The predicted octanol–water partition coefficient (Wildman–Crippen LogP) is 1.12. The number of nitrogens with one attached hydrogen (secondary N) is 2. The molecule has 2 aliphatic rings. The number of imide groups is 1. The number of Topliss-reactive ketones (excluding diaryl/α,β-unsaturated/α-hetero) is 1. The van der Waals surface area contributed by atoms with Gasteiger partial charge in [-0.3, -0.25) is 24.5 Å². The van der Waals surface area contributed by atoms with Crippen molar-refractivity contribution in [2.75, 3.05) is 0 Å². The molecule has 0 saturated carbocycles. The number of benzene rings is 1. The highest BCUT2D eigenvalue weighted by Crippen LogP contribution is 2.30. The molecule has 3 amide bonds. The quantitative estimate of drug-likeness (QED) is 0.756. The monoisotopic (exact) mass is 390 g/mol. The van der Waals surface area contributed by atoms with Crippen molar-refractivity contribution in [3.8, 4) is 0 Å². The Labute approximate surface area is 166 Å². The number of aromatic nitrogens is 2. The largest absolute Gasteiger partial charge is 0.347 e. The Balaban J connectivity index is 1.46. The average molecular weight is 390 g/mol. The van der Waals surface area contributed by atoms with Crippen LogP contribution in [0.4, 0.5) is 0 Å². The molecule has 1 unspecified atom stereocenters. The molecule has 2 heterocycles. The maximum absolute atomic E-state index is 12.9. The lowest BCUT2D eigenvalue weighted by molar-refractivity contribution is -0.135. The summed E-state index contributed by atoms with van der Waals surface area (Å²) in [6.07, 6.45) is 4.36. The van der Waals surface area contributed by atoms with Gasteiger partial charge in [0.2, 0.25) is 11.8 Å². The van der Waals surface area contributed by atoms with Crippen LogP contribution in [0, 0.1) is 5.92 Å². The predicted molar refractivity (Wildman–Crippen MR) is 102 cm³/mol. The van der Waals surface area contributed by atoms with Crippen molar-refractivity contribution in [3.63, 3.8) is 0 Å². The van der Waals surface area contributed by atoms with Gasteiger partial charge in [0.15, 0.2) is 11.5 Å². The second-order valence-electron chi connectivity index (χ2n) is 6.98. The number of hydrogen-bond donors (Lipinski definition) is 2. The maximum atomic E-state index is 12.9. The zero-order valence-corrected chi connectivity index (χ0v) is 15.5. The summed E-state index contributed by atoms with van der Waals surface area (Å²) in [5.41, 5.74) is 2.93. The van der Waals surface area contributed by atoms with Crippen LogP contribution >= 0.6 is 0 Å². The van der Waals surface area contributed by atoms with E-state index >= 15 is 0 Å². The zero-order chi connectivity index (χ0) is 20.4. The summed E-state index contributed by atoms with van der Waals surface area (Å²) in [5.74, 6) is -1.81. The van der Waals surface area contributed by atoms with Gasteiger partial charge in [0, 0.05) is 30.3 Å². The van der Waals surface area contributed by atoms with Gasteiger partial charge in [-0.2, -0.15) is 5.10 Å². The molecule has 1 aliphatic carbocycles. The van der Waals surface area contributed by atoms with Gasteiger partial charge in [-0.25, -0.2) is 0 Å². The van der Waals surface area contributed by atoms with Crippen molar-refractivity contribution in [2.45, 2.75) is 25.8 Å². The second kappa shape index (κ2) is 7.75. The fourth-order valence-corrected chi connectivity index (χ4v) is 3.60. The number of hydrogen-bond acceptors (Lipinski definition) is 6. The van der Waals surface area contributed by atoms with Gasteiger partial charge < -0.3 is 5.32 Å². The third-order valence-corrected chi connectivity index (χ3v) is 5.09. The molecule has 8 nitrogen and oxygen atoms in total. The highest BCUT2D eigenvalue weighted by atomic mass is 16.2. The van der Waals surface area contributed by atoms with Crippen LogP contribution in [0.25, 0.3) is 0 Å². The summed E-state index contributed by atoms with van der Waals surface area (Å²) in [4.78, 5) is 48.4. The molecule has 0 radical (unpaired) electrons. The van der Waals surface area contributed by atoms with Gasteiger partial charge in [0.1, 0.15) is 0 Å². The molecule has 2 N–H and O–H groups in total. The Hall–Kier alpha value is -3.68. The Morgan fingerprint density at radius 2 is 2.07 bits per heavy atom. The Bertz CT molecular complexity index is 1050. The number of rotatable bonds is 4. The first kappa shape index (κ1) is 18.7. The second-order valence-corrected chi connectivity index (χ2v) is 6.98. The van der Waals surface area contributed by atoms with Crippen LogP contribution in [0.15, 0.2) is 48.2 Å². The summed E-state index contributed by atoms with van der Waals surface area (Å²) in [5, 5.41) is 12.5. The molecule has 146 valence electrons. The average Bonchev–Trinajstić information content (AvgIpc) is 2.73. The van der Waals surface area contributed by atoms with Crippen molar-refractivity contribution < 1.29 is 19.2 Å². The van der Waals surface area contributed by atoms with Gasteiger partial charge in [-0.05, 0) is 36.1 Å². The van der Waals surface area contributed by atoms with Crippen molar-refractivity contribution in [1.29, 1.82) is 0 Å². The Kier molecular flexibility index (Phi) is 4.99. The Morgan fingerprint density at radius 3 is 2.83 bits per heavy atom. The van der Waals surface area contributed by atoms with Gasteiger partial charge in [0.25, 0.3) is 5.91 Å². The van der Waals surface area contributed by atoms with E-state index in [1.54, 1.807) is 30.3 Å². The molecule has 29 heavy (non-hydrogen) atoms. The summed E-state index contributed by atoms with van der Waals surface area (Å²) >= 11 is 0. The van der Waals surface area contributed by atoms with Crippen molar-refractivity contribution >= 4 is 23.5 Å². The molecule has 1 saturated heterocycles. The van der Waals surface area contributed by atoms with Crippen molar-refractivity contribution in [1.82, 2.24) is 20.8 Å². The van der Waals surface area contributed by atoms with E-state index < -0.39 is 11.8 Å². The third kappa shape index (κ3) is 3.82. The van der Waals surface area contributed by atoms with Crippen molar-refractivity contribution in [3.05, 3.63) is 70.6 Å². The van der Waals surface area contributed by atoms with Crippen LogP contribution < -0.4 is 10.6 Å². The number of carbonyl (C=O) groups is 4. The van der Waals surface area contributed by atoms with Crippen LogP contribution in [0.3, 0.4) is 0 Å². The number of fused-ring (bicyclic) bond motifs is 1. The van der Waals surface area contributed by atoms with Gasteiger partial charge in [-0.15, -0.1) is 5.10 Å². The fourth-order valence-electron chi connectivity index (χ4n) is 3.60. The first-order chi connectivity index (χ1) is 14.0. The molecule has 1 aromatic carbocycles. The molecule has 1 atom stereocenters. The number of amides is 3. The fraction of sp³-hybridized carbons (Fsp3) is 0.238. The SMILES string of the molecule is O=C1CCC(C2=CCc3cc(CNC(=O)c4cccnn4)ccc3C2=O)C(=O)N1. The van der Waals surface area contributed by atoms with Gasteiger partial charge >= 0.3 is 0 Å². The van der Waals surface area contributed by atoms with Crippen LogP contribution in [0.1, 0.15) is 44.8 Å². The van der Waals surface area contributed by atoms with E-state index in [0.717, 1.165) is 11.1 Å². The number of carbonyl (C=O) groups excluding carboxylic acids is 4. The first-order valence-electron chi connectivity index (χ1n) is 9.29. The molecule has 1 fully saturated rings. The Morgan fingerprint density at radius 1 is 1.21 bits per heavy atom. The molecule has 2 aromatic rings. The lowest BCUT2D eigenvalue weighted by Gasteiger charge is -2.25. The molecule has 1 aromatic heterocycles. The molecular formula is C21H18N4O4.